The van der Waals surface area contributed by atoms with Gasteiger partial charge in [-0.3, -0.25) is 9.52 Å². The molecule has 1 aliphatic heterocycles. The first-order chi connectivity index (χ1) is 20.5. The topological polar surface area (TPSA) is 114 Å². The Bertz CT molecular complexity index is 1760. The highest BCUT2D eigenvalue weighted by Crippen LogP contribution is 2.42. The van der Waals surface area contributed by atoms with Crippen LogP contribution in [0.3, 0.4) is 0 Å². The van der Waals surface area contributed by atoms with Gasteiger partial charge in [0, 0.05) is 43.6 Å². The zero-order valence-electron chi connectivity index (χ0n) is 23.3. The van der Waals surface area contributed by atoms with E-state index in [1.165, 1.54) is 29.5 Å². The molecule has 1 N–H and O–H groups in total. The number of benzene rings is 2. The lowest BCUT2D eigenvalue weighted by Gasteiger charge is -2.26. The van der Waals surface area contributed by atoms with E-state index < -0.39 is 38.1 Å². The van der Waals surface area contributed by atoms with Crippen molar-refractivity contribution in [3.63, 3.8) is 0 Å². The van der Waals surface area contributed by atoms with Gasteiger partial charge in [0.25, 0.3) is 10.0 Å². The third-order valence-corrected chi connectivity index (χ3v) is 9.27. The van der Waals surface area contributed by atoms with Crippen LogP contribution in [0.25, 0.3) is 21.8 Å². The minimum absolute atomic E-state index is 0.0270. The van der Waals surface area contributed by atoms with Crippen LogP contribution >= 0.6 is 11.3 Å². The van der Waals surface area contributed by atoms with Gasteiger partial charge in [-0.15, -0.1) is 0 Å². The van der Waals surface area contributed by atoms with Crippen LogP contribution in [0.2, 0.25) is 0 Å². The van der Waals surface area contributed by atoms with Gasteiger partial charge in [0.15, 0.2) is 10.9 Å². The van der Waals surface area contributed by atoms with Crippen LogP contribution in [-0.4, -0.2) is 55.5 Å². The number of nitrogens with zero attached hydrogens (tertiary/aromatic N) is 4. The van der Waals surface area contributed by atoms with Crippen molar-refractivity contribution in [2.75, 3.05) is 35.9 Å². The monoisotopic (exact) mass is 631 g/mol. The summed E-state index contributed by atoms with van der Waals surface area (Å²) in [6.07, 6.45) is 2.17. The fourth-order valence-corrected chi connectivity index (χ4v) is 6.65. The summed E-state index contributed by atoms with van der Waals surface area (Å²) in [5.74, 6) is -2.69. The molecule has 0 aliphatic carbocycles. The average Bonchev–Trinajstić information content (AvgIpc) is 3.44. The Kier molecular flexibility index (Phi) is 9.08. The maximum Gasteiger partial charge on any atom is 0.265 e. The van der Waals surface area contributed by atoms with Crippen molar-refractivity contribution in [2.45, 2.75) is 31.6 Å². The third kappa shape index (κ3) is 6.86. The molecule has 0 spiro atoms. The summed E-state index contributed by atoms with van der Waals surface area (Å²) < 4.78 is 77.3. The minimum Gasteiger partial charge on any atom is -0.378 e. The Morgan fingerprint density at radius 1 is 1.09 bits per heavy atom. The van der Waals surface area contributed by atoms with E-state index >= 15 is 4.39 Å². The number of Topliss-reactive ketones (excluding diaryl/α,β-unsaturated/α-hetero) is 1. The zero-order chi connectivity index (χ0) is 30.7. The number of hydrogen-bond acceptors (Lipinski definition) is 9. The highest BCUT2D eigenvalue weighted by Gasteiger charge is 2.26. The van der Waals surface area contributed by atoms with E-state index in [0.29, 0.717) is 66.4 Å². The lowest BCUT2D eigenvalue weighted by molar-refractivity contribution is -0.121. The van der Waals surface area contributed by atoms with E-state index in [0.717, 1.165) is 6.07 Å². The molecule has 0 atom stereocenters. The number of carbonyl (C=O) groups is 1. The van der Waals surface area contributed by atoms with Crippen molar-refractivity contribution >= 4 is 38.0 Å². The SMILES string of the molecule is CC(C)C(=O)CCc1nccc(-c2sc(N3CCOCC3)nc2-c2cccc(NS(=O)(=O)c3cc(F)ccc3F)c2F)n1. The number of nitrogens with one attached hydrogen (secondary N) is 1. The molecule has 1 aliphatic rings. The summed E-state index contributed by atoms with van der Waals surface area (Å²) in [6.45, 7) is 5.78. The van der Waals surface area contributed by atoms with Gasteiger partial charge < -0.3 is 9.64 Å². The van der Waals surface area contributed by atoms with Gasteiger partial charge in [-0.1, -0.05) is 31.3 Å². The van der Waals surface area contributed by atoms with Gasteiger partial charge in [-0.25, -0.2) is 36.5 Å². The van der Waals surface area contributed by atoms with E-state index in [1.807, 2.05) is 23.5 Å². The van der Waals surface area contributed by atoms with Crippen molar-refractivity contribution in [1.29, 1.82) is 0 Å². The number of carbonyl (C=O) groups excluding carboxylic acids is 1. The fourth-order valence-electron chi connectivity index (χ4n) is 4.40. The van der Waals surface area contributed by atoms with Gasteiger partial charge in [-0.05, 0) is 36.4 Å². The lowest BCUT2D eigenvalue weighted by atomic mass is 10.0. The van der Waals surface area contributed by atoms with Gasteiger partial charge in [0.1, 0.15) is 28.1 Å². The maximum atomic E-state index is 16.1. The van der Waals surface area contributed by atoms with Gasteiger partial charge in [0.05, 0.1) is 35.2 Å². The van der Waals surface area contributed by atoms with E-state index in [-0.39, 0.29) is 29.4 Å². The first-order valence-electron chi connectivity index (χ1n) is 13.5. The molecule has 14 heteroatoms. The summed E-state index contributed by atoms with van der Waals surface area (Å²) in [5, 5.41) is 0.593. The largest absolute Gasteiger partial charge is 0.378 e. The molecule has 0 saturated carbocycles. The molecule has 0 bridgehead atoms. The van der Waals surface area contributed by atoms with Crippen LogP contribution in [0.4, 0.5) is 24.0 Å². The number of ketones is 1. The number of hydrogen-bond donors (Lipinski definition) is 1. The molecule has 2 aromatic heterocycles. The first kappa shape index (κ1) is 30.6. The summed E-state index contributed by atoms with van der Waals surface area (Å²) in [4.78, 5) is 27.4. The van der Waals surface area contributed by atoms with E-state index in [2.05, 4.69) is 9.97 Å². The Hall–Kier alpha value is -3.88. The lowest BCUT2D eigenvalue weighted by Crippen LogP contribution is -2.36. The van der Waals surface area contributed by atoms with Crippen molar-refractivity contribution < 1.29 is 31.1 Å². The Balaban J connectivity index is 1.55. The van der Waals surface area contributed by atoms with Crippen LogP contribution in [0.1, 0.15) is 26.1 Å². The zero-order valence-corrected chi connectivity index (χ0v) is 24.9. The molecule has 2 aromatic carbocycles. The van der Waals surface area contributed by atoms with Crippen LogP contribution in [0.15, 0.2) is 53.6 Å². The van der Waals surface area contributed by atoms with Crippen LogP contribution < -0.4 is 9.62 Å². The van der Waals surface area contributed by atoms with E-state index in [4.69, 9.17) is 9.72 Å². The average molecular weight is 632 g/mol. The molecule has 0 unspecified atom stereocenters. The smallest absolute Gasteiger partial charge is 0.265 e. The van der Waals surface area contributed by atoms with Gasteiger partial charge >= 0.3 is 0 Å². The molecule has 0 radical (unpaired) electrons. The minimum atomic E-state index is -4.68. The number of anilines is 2. The molecule has 5 rings (SSSR count). The number of sulfonamides is 1. The second-order valence-corrected chi connectivity index (χ2v) is 12.7. The maximum absolute atomic E-state index is 16.1. The molecule has 1 saturated heterocycles. The Labute approximate surface area is 250 Å². The number of halogens is 3. The predicted octanol–water partition coefficient (Wildman–Crippen LogP) is 5.48. The highest BCUT2D eigenvalue weighted by molar-refractivity contribution is 7.92. The van der Waals surface area contributed by atoms with Gasteiger partial charge in [0.2, 0.25) is 0 Å². The number of ether oxygens (including phenoxy) is 1. The molecular formula is C29H28F3N5O4S2. The molecule has 226 valence electrons. The summed E-state index contributed by atoms with van der Waals surface area (Å²) in [7, 11) is -4.68. The second kappa shape index (κ2) is 12.8. The normalized spacial score (nSPS) is 13.9. The predicted molar refractivity (Wildman–Crippen MR) is 157 cm³/mol. The Morgan fingerprint density at radius 3 is 2.60 bits per heavy atom. The molecule has 0 amide bonds. The highest BCUT2D eigenvalue weighted by atomic mass is 32.2. The number of thiazole rings is 1. The van der Waals surface area contributed by atoms with Crippen LogP contribution in [0.5, 0.6) is 0 Å². The summed E-state index contributed by atoms with van der Waals surface area (Å²) in [5.41, 5.74) is 0.176. The fraction of sp³-hybridized carbons (Fsp3) is 0.310. The quantitative estimate of drug-likeness (QED) is 0.245. The van der Waals surface area contributed by atoms with E-state index in [1.54, 1.807) is 12.3 Å². The molecule has 1 fully saturated rings. The van der Waals surface area contributed by atoms with Crippen molar-refractivity contribution in [3.05, 3.63) is 71.9 Å². The Morgan fingerprint density at radius 2 is 1.86 bits per heavy atom. The third-order valence-electron chi connectivity index (χ3n) is 6.76. The first-order valence-corrected chi connectivity index (χ1v) is 15.8. The van der Waals surface area contributed by atoms with Crippen molar-refractivity contribution in [1.82, 2.24) is 15.0 Å². The number of morpholine rings is 1. The number of aromatic nitrogens is 3. The van der Waals surface area contributed by atoms with Crippen LogP contribution in [0, 0.1) is 23.4 Å². The molecule has 43 heavy (non-hydrogen) atoms. The van der Waals surface area contributed by atoms with Crippen molar-refractivity contribution in [2.24, 2.45) is 5.92 Å². The van der Waals surface area contributed by atoms with E-state index in [9.17, 15) is 22.0 Å². The summed E-state index contributed by atoms with van der Waals surface area (Å²) >= 11 is 1.29. The van der Waals surface area contributed by atoms with Crippen molar-refractivity contribution in [3.8, 4) is 21.8 Å². The molecule has 9 nitrogen and oxygen atoms in total. The molecule has 3 heterocycles. The standard InChI is InChI=1S/C29H28F3N5O4S2/c1-17(2)23(38)8-9-25-33-11-10-22(34-25)28-27(35-29(42-28)37-12-14-41-15-13-37)19-4-3-5-21(26(19)32)36-43(39,40)24-16-18(30)6-7-20(24)31/h3-7,10-11,16-17,36H,8-9,12-15H2,1-2H3. The second-order valence-electron chi connectivity index (χ2n) is 10.1. The molecular weight excluding hydrogens is 603 g/mol. The van der Waals surface area contributed by atoms with Crippen LogP contribution in [-0.2, 0) is 26.0 Å². The number of aryl methyl sites for hydroxylation is 1. The van der Waals surface area contributed by atoms with Gasteiger partial charge in [-0.2, -0.15) is 0 Å². The number of rotatable bonds is 10. The summed E-state index contributed by atoms with van der Waals surface area (Å²) in [6, 6.07) is 7.70. The molecule has 4 aromatic rings.